The van der Waals surface area contributed by atoms with Gasteiger partial charge >= 0.3 is 0 Å². The van der Waals surface area contributed by atoms with E-state index in [1.165, 1.54) is 36.4 Å². The summed E-state index contributed by atoms with van der Waals surface area (Å²) in [6, 6.07) is 8.45. The van der Waals surface area contributed by atoms with E-state index in [-0.39, 0.29) is 17.1 Å². The van der Waals surface area contributed by atoms with Gasteiger partial charge in [-0.25, -0.2) is 4.39 Å². The van der Waals surface area contributed by atoms with Crippen molar-refractivity contribution < 1.29 is 14.3 Å². The van der Waals surface area contributed by atoms with Crippen LogP contribution in [0.3, 0.4) is 0 Å². The van der Waals surface area contributed by atoms with Crippen molar-refractivity contribution >= 4 is 23.2 Å². The number of benzene rings is 2. The molecular weight excluding hydrogens is 269 g/mol. The highest BCUT2D eigenvalue weighted by Gasteiger charge is 2.12. The number of carbonyl (C=O) groups excluding carboxylic acids is 1. The van der Waals surface area contributed by atoms with E-state index >= 15 is 0 Å². The molecule has 0 aliphatic carbocycles. The molecule has 2 aromatic carbocycles. The SMILES string of the molecule is Cc1cc(NC(=O)c2ccc(Cl)cc2O)ccc1F. The first kappa shape index (κ1) is 13.4. The molecule has 2 N–H and O–H groups in total. The van der Waals surface area contributed by atoms with Crippen molar-refractivity contribution in [3.8, 4) is 5.75 Å². The van der Waals surface area contributed by atoms with Crippen molar-refractivity contribution in [2.24, 2.45) is 0 Å². The number of phenols is 1. The van der Waals surface area contributed by atoms with Crippen LogP contribution < -0.4 is 5.32 Å². The van der Waals surface area contributed by atoms with Gasteiger partial charge < -0.3 is 10.4 Å². The largest absolute Gasteiger partial charge is 0.507 e. The van der Waals surface area contributed by atoms with Crippen molar-refractivity contribution in [1.29, 1.82) is 0 Å². The molecule has 0 unspecified atom stereocenters. The lowest BCUT2D eigenvalue weighted by Crippen LogP contribution is -2.12. The van der Waals surface area contributed by atoms with Crippen molar-refractivity contribution in [2.45, 2.75) is 6.92 Å². The summed E-state index contributed by atoms with van der Waals surface area (Å²) in [5, 5.41) is 12.6. The lowest BCUT2D eigenvalue weighted by Gasteiger charge is -2.08. The molecule has 0 saturated carbocycles. The summed E-state index contributed by atoms with van der Waals surface area (Å²) >= 11 is 5.69. The fourth-order valence-electron chi connectivity index (χ4n) is 1.62. The summed E-state index contributed by atoms with van der Waals surface area (Å²) in [6.07, 6.45) is 0. The summed E-state index contributed by atoms with van der Waals surface area (Å²) in [5.41, 5.74) is 0.989. The van der Waals surface area contributed by atoms with Gasteiger partial charge in [-0.1, -0.05) is 11.6 Å². The minimum Gasteiger partial charge on any atom is -0.507 e. The van der Waals surface area contributed by atoms with Gasteiger partial charge in [-0.3, -0.25) is 4.79 Å². The van der Waals surface area contributed by atoms with Gasteiger partial charge in [0.25, 0.3) is 5.91 Å². The van der Waals surface area contributed by atoms with E-state index in [4.69, 9.17) is 11.6 Å². The topological polar surface area (TPSA) is 49.3 Å². The third-order valence-corrected chi connectivity index (χ3v) is 2.86. The molecule has 0 heterocycles. The molecule has 19 heavy (non-hydrogen) atoms. The van der Waals surface area contributed by atoms with Crippen LogP contribution in [0.4, 0.5) is 10.1 Å². The number of anilines is 1. The average Bonchev–Trinajstić information content (AvgIpc) is 2.33. The Bertz CT molecular complexity index is 643. The average molecular weight is 280 g/mol. The molecule has 0 fully saturated rings. The molecule has 5 heteroatoms. The maximum absolute atomic E-state index is 13.1. The first-order chi connectivity index (χ1) is 8.97. The van der Waals surface area contributed by atoms with Crippen LogP contribution in [-0.4, -0.2) is 11.0 Å². The Labute approximate surface area is 114 Å². The fourth-order valence-corrected chi connectivity index (χ4v) is 1.78. The molecule has 0 spiro atoms. The zero-order valence-electron chi connectivity index (χ0n) is 10.1. The standard InChI is InChI=1S/C14H11ClFNO2/c1-8-6-10(3-5-12(8)16)17-14(19)11-4-2-9(15)7-13(11)18/h2-7,18H,1H3,(H,17,19). The molecule has 3 nitrogen and oxygen atoms in total. The smallest absolute Gasteiger partial charge is 0.259 e. The highest BCUT2D eigenvalue weighted by atomic mass is 35.5. The lowest BCUT2D eigenvalue weighted by molar-refractivity contribution is 0.102. The molecule has 1 amide bonds. The zero-order chi connectivity index (χ0) is 14.0. The predicted molar refractivity (Wildman–Crippen MR) is 72.2 cm³/mol. The molecular formula is C14H11ClFNO2. The van der Waals surface area contributed by atoms with Crippen LogP contribution in [0.5, 0.6) is 5.75 Å². The monoisotopic (exact) mass is 279 g/mol. The van der Waals surface area contributed by atoms with Crippen molar-refractivity contribution in [3.63, 3.8) is 0 Å². The highest BCUT2D eigenvalue weighted by Crippen LogP contribution is 2.23. The second-order valence-corrected chi connectivity index (χ2v) is 4.52. The highest BCUT2D eigenvalue weighted by molar-refractivity contribution is 6.30. The summed E-state index contributed by atoms with van der Waals surface area (Å²) in [4.78, 5) is 11.9. The molecule has 0 bridgehead atoms. The van der Waals surface area contributed by atoms with Crippen LogP contribution >= 0.6 is 11.6 Å². The van der Waals surface area contributed by atoms with Crippen molar-refractivity contribution in [1.82, 2.24) is 0 Å². The zero-order valence-corrected chi connectivity index (χ0v) is 10.8. The van der Waals surface area contributed by atoms with Crippen LogP contribution in [0.25, 0.3) is 0 Å². The number of halogens is 2. The van der Waals surface area contributed by atoms with E-state index < -0.39 is 5.91 Å². The maximum atomic E-state index is 13.1. The first-order valence-corrected chi connectivity index (χ1v) is 5.91. The summed E-state index contributed by atoms with van der Waals surface area (Å²) in [6.45, 7) is 1.60. The first-order valence-electron chi connectivity index (χ1n) is 5.53. The second kappa shape index (κ2) is 5.28. The number of nitrogens with one attached hydrogen (secondary N) is 1. The van der Waals surface area contributed by atoms with Crippen molar-refractivity contribution in [2.75, 3.05) is 5.32 Å². The molecule has 0 atom stereocenters. The summed E-state index contributed by atoms with van der Waals surface area (Å²) in [5.74, 6) is -1.03. The van der Waals surface area contributed by atoms with Crippen LogP contribution in [0.1, 0.15) is 15.9 Å². The van der Waals surface area contributed by atoms with Crippen LogP contribution in [-0.2, 0) is 0 Å². The molecule has 0 aromatic heterocycles. The molecule has 0 saturated heterocycles. The predicted octanol–water partition coefficient (Wildman–Crippen LogP) is 3.75. The molecule has 2 rings (SSSR count). The van der Waals surface area contributed by atoms with Gasteiger partial charge in [0, 0.05) is 10.7 Å². The Balaban J connectivity index is 2.23. The number of hydrogen-bond acceptors (Lipinski definition) is 2. The molecule has 0 aliphatic rings. The molecule has 0 radical (unpaired) electrons. The molecule has 0 aliphatic heterocycles. The third-order valence-electron chi connectivity index (χ3n) is 2.62. The minimum absolute atomic E-state index is 0.103. The van der Waals surface area contributed by atoms with Gasteiger partial charge in [-0.15, -0.1) is 0 Å². The Morgan fingerprint density at radius 2 is 2.00 bits per heavy atom. The number of aryl methyl sites for hydroxylation is 1. The maximum Gasteiger partial charge on any atom is 0.259 e. The number of hydrogen-bond donors (Lipinski definition) is 2. The van der Waals surface area contributed by atoms with E-state index in [2.05, 4.69) is 5.32 Å². The lowest BCUT2D eigenvalue weighted by atomic mass is 10.1. The molecule has 98 valence electrons. The van der Waals surface area contributed by atoms with Crippen LogP contribution in [0.2, 0.25) is 5.02 Å². The minimum atomic E-state index is -0.486. The van der Waals surface area contributed by atoms with Gasteiger partial charge in [0.05, 0.1) is 5.56 Å². The van der Waals surface area contributed by atoms with E-state index in [1.807, 2.05) is 0 Å². The number of aromatic hydroxyl groups is 1. The van der Waals surface area contributed by atoms with Gasteiger partial charge in [0.1, 0.15) is 11.6 Å². The van der Waals surface area contributed by atoms with Gasteiger partial charge in [0.2, 0.25) is 0 Å². The third kappa shape index (κ3) is 3.03. The number of amides is 1. The van der Waals surface area contributed by atoms with Crippen molar-refractivity contribution in [3.05, 3.63) is 58.4 Å². The van der Waals surface area contributed by atoms with Gasteiger partial charge in [-0.05, 0) is 48.9 Å². The van der Waals surface area contributed by atoms with Crippen LogP contribution in [0.15, 0.2) is 36.4 Å². The summed E-state index contributed by atoms with van der Waals surface area (Å²) in [7, 11) is 0. The number of phenolic OH excluding ortho intramolecular Hbond substituents is 1. The van der Waals surface area contributed by atoms with E-state index in [1.54, 1.807) is 6.92 Å². The van der Waals surface area contributed by atoms with Gasteiger partial charge in [0.15, 0.2) is 0 Å². The number of rotatable bonds is 2. The second-order valence-electron chi connectivity index (χ2n) is 4.08. The Hall–Kier alpha value is -2.07. The van der Waals surface area contributed by atoms with Crippen LogP contribution in [0, 0.1) is 12.7 Å². The Morgan fingerprint density at radius 1 is 1.26 bits per heavy atom. The molecule has 2 aromatic rings. The number of carbonyl (C=O) groups is 1. The Morgan fingerprint density at radius 3 is 2.63 bits per heavy atom. The fraction of sp³-hybridized carbons (Fsp3) is 0.0714. The van der Waals surface area contributed by atoms with E-state index in [0.29, 0.717) is 16.3 Å². The quantitative estimate of drug-likeness (QED) is 0.880. The normalized spacial score (nSPS) is 10.3. The summed E-state index contributed by atoms with van der Waals surface area (Å²) < 4.78 is 13.1. The van der Waals surface area contributed by atoms with Gasteiger partial charge in [-0.2, -0.15) is 0 Å². The van der Waals surface area contributed by atoms with E-state index in [0.717, 1.165) is 0 Å². The van der Waals surface area contributed by atoms with E-state index in [9.17, 15) is 14.3 Å². The Kier molecular flexibility index (Phi) is 3.71.